The lowest BCUT2D eigenvalue weighted by molar-refractivity contribution is -0.119. The van der Waals surface area contributed by atoms with Gasteiger partial charge in [0.25, 0.3) is 5.91 Å². The molecule has 3 aromatic carbocycles. The standard InChI is InChI=1S/C29H28Cl3N5O2/c1-35-10-12-37(13-11-35)17-25(38)36(2)28-22(31)15-20(16-23(28)32)33-27(18-6-4-3-5-7-18)26-21-9-8-19(30)14-24(21)34-29(26)39/h3-9,14-16,33H,10-13,17H2,1-2H3,(H,34,39)/b27-26-. The zero-order valence-electron chi connectivity index (χ0n) is 21.6. The molecule has 0 aliphatic carbocycles. The fourth-order valence-electron chi connectivity index (χ4n) is 4.81. The van der Waals surface area contributed by atoms with Gasteiger partial charge in [-0.3, -0.25) is 14.5 Å². The van der Waals surface area contributed by atoms with Crippen LogP contribution in [0.2, 0.25) is 15.1 Å². The van der Waals surface area contributed by atoms with Crippen LogP contribution in [0.1, 0.15) is 11.1 Å². The van der Waals surface area contributed by atoms with E-state index in [1.807, 2.05) is 36.4 Å². The lowest BCUT2D eigenvalue weighted by Gasteiger charge is -2.33. The van der Waals surface area contributed by atoms with E-state index in [-0.39, 0.29) is 11.8 Å². The van der Waals surface area contributed by atoms with Gasteiger partial charge in [-0.2, -0.15) is 0 Å². The van der Waals surface area contributed by atoms with Crippen LogP contribution in [0.15, 0.2) is 60.7 Å². The van der Waals surface area contributed by atoms with Crippen LogP contribution in [0.5, 0.6) is 0 Å². The number of nitrogens with one attached hydrogen (secondary N) is 2. The highest BCUT2D eigenvalue weighted by Crippen LogP contribution is 2.41. The molecule has 3 aromatic rings. The van der Waals surface area contributed by atoms with E-state index in [1.54, 1.807) is 31.3 Å². The first-order valence-corrected chi connectivity index (χ1v) is 13.7. The lowest BCUT2D eigenvalue weighted by atomic mass is 10.00. The molecule has 0 bridgehead atoms. The molecule has 2 aliphatic heterocycles. The largest absolute Gasteiger partial charge is 0.354 e. The summed E-state index contributed by atoms with van der Waals surface area (Å²) >= 11 is 19.6. The van der Waals surface area contributed by atoms with Crippen molar-refractivity contribution < 1.29 is 9.59 Å². The van der Waals surface area contributed by atoms with Crippen molar-refractivity contribution in [3.05, 3.63) is 86.9 Å². The number of likely N-dealkylation sites (N-methyl/N-ethyl adjacent to an activating group) is 2. The number of anilines is 3. The van der Waals surface area contributed by atoms with Gasteiger partial charge in [-0.15, -0.1) is 0 Å². The quantitative estimate of drug-likeness (QED) is 0.359. The number of hydrogen-bond acceptors (Lipinski definition) is 5. The van der Waals surface area contributed by atoms with E-state index in [9.17, 15) is 9.59 Å². The maximum Gasteiger partial charge on any atom is 0.258 e. The summed E-state index contributed by atoms with van der Waals surface area (Å²) in [6, 6.07) is 18.3. The average molecular weight is 585 g/mol. The Bertz CT molecular complexity index is 1430. The summed E-state index contributed by atoms with van der Waals surface area (Å²) in [4.78, 5) is 32.1. The summed E-state index contributed by atoms with van der Waals surface area (Å²) in [7, 11) is 3.76. The third kappa shape index (κ3) is 5.93. The number of halogens is 3. The zero-order valence-corrected chi connectivity index (χ0v) is 23.9. The molecule has 2 heterocycles. The van der Waals surface area contributed by atoms with E-state index in [0.717, 1.165) is 37.3 Å². The van der Waals surface area contributed by atoms with Crippen LogP contribution < -0.4 is 15.5 Å². The number of nitrogens with zero attached hydrogens (tertiary/aromatic N) is 3. The van der Waals surface area contributed by atoms with Crippen molar-refractivity contribution in [2.45, 2.75) is 0 Å². The Labute approximate surface area is 242 Å². The second-order valence-electron chi connectivity index (χ2n) is 9.71. The number of carbonyl (C=O) groups excluding carboxylic acids is 2. The first kappa shape index (κ1) is 27.5. The van der Waals surface area contributed by atoms with Crippen LogP contribution in [0.4, 0.5) is 17.1 Å². The molecule has 1 fully saturated rings. The molecule has 5 rings (SSSR count). The molecule has 202 valence electrons. The monoisotopic (exact) mass is 583 g/mol. The van der Waals surface area contributed by atoms with Crippen molar-refractivity contribution in [1.82, 2.24) is 9.80 Å². The lowest BCUT2D eigenvalue weighted by Crippen LogP contribution is -2.48. The number of benzene rings is 3. The molecule has 39 heavy (non-hydrogen) atoms. The van der Waals surface area contributed by atoms with Gasteiger partial charge in [-0.25, -0.2) is 0 Å². The molecule has 0 aromatic heterocycles. The molecule has 0 saturated carbocycles. The maximum absolute atomic E-state index is 13.1. The fourth-order valence-corrected chi connectivity index (χ4v) is 5.72. The van der Waals surface area contributed by atoms with Gasteiger partial charge in [0.1, 0.15) is 0 Å². The second kappa shape index (κ2) is 11.6. The molecule has 0 atom stereocenters. The maximum atomic E-state index is 13.1. The van der Waals surface area contributed by atoms with E-state index in [4.69, 9.17) is 34.8 Å². The molecule has 0 spiro atoms. The van der Waals surface area contributed by atoms with Crippen molar-refractivity contribution >= 4 is 74.9 Å². The normalized spacial score (nSPS) is 17.0. The summed E-state index contributed by atoms with van der Waals surface area (Å²) in [5, 5.41) is 7.44. The van der Waals surface area contributed by atoms with Gasteiger partial charge in [0, 0.05) is 49.5 Å². The summed E-state index contributed by atoms with van der Waals surface area (Å²) in [6.07, 6.45) is 0. The zero-order chi connectivity index (χ0) is 27.7. The van der Waals surface area contributed by atoms with Gasteiger partial charge >= 0.3 is 0 Å². The Hall–Kier alpha value is -3.07. The first-order chi connectivity index (χ1) is 18.7. The number of rotatable bonds is 6. The molecule has 0 radical (unpaired) electrons. The van der Waals surface area contributed by atoms with Crippen LogP contribution in [-0.4, -0.2) is 68.4 Å². The SMILES string of the molecule is CN1CCN(CC(=O)N(C)c2c(Cl)cc(N/C(=C3\C(=O)Nc4cc(Cl)ccc43)c3ccccc3)cc2Cl)CC1. The highest BCUT2D eigenvalue weighted by Gasteiger charge is 2.29. The van der Waals surface area contributed by atoms with Gasteiger partial charge in [-0.05, 0) is 36.9 Å². The van der Waals surface area contributed by atoms with Crippen LogP contribution in [0.25, 0.3) is 11.3 Å². The van der Waals surface area contributed by atoms with E-state index in [1.165, 1.54) is 4.90 Å². The third-order valence-electron chi connectivity index (χ3n) is 6.99. The highest BCUT2D eigenvalue weighted by atomic mass is 35.5. The Morgan fingerprint density at radius 3 is 2.31 bits per heavy atom. The van der Waals surface area contributed by atoms with Crippen molar-refractivity contribution in [3.63, 3.8) is 0 Å². The predicted molar refractivity (Wildman–Crippen MR) is 161 cm³/mol. The van der Waals surface area contributed by atoms with Gasteiger partial charge in [0.2, 0.25) is 5.91 Å². The second-order valence-corrected chi connectivity index (χ2v) is 11.0. The summed E-state index contributed by atoms with van der Waals surface area (Å²) in [5.74, 6) is -0.337. The highest BCUT2D eigenvalue weighted by molar-refractivity contribution is 6.41. The third-order valence-corrected chi connectivity index (χ3v) is 7.80. The van der Waals surface area contributed by atoms with E-state index in [2.05, 4.69) is 27.5 Å². The minimum Gasteiger partial charge on any atom is -0.354 e. The van der Waals surface area contributed by atoms with Gasteiger partial charge in [-0.1, -0.05) is 71.2 Å². The minimum atomic E-state index is -0.248. The van der Waals surface area contributed by atoms with Crippen LogP contribution in [0, 0.1) is 0 Å². The molecule has 0 unspecified atom stereocenters. The molecule has 2 N–H and O–H groups in total. The van der Waals surface area contributed by atoms with E-state index < -0.39 is 0 Å². The number of fused-ring (bicyclic) bond motifs is 1. The number of piperazine rings is 1. The number of amides is 2. The summed E-state index contributed by atoms with van der Waals surface area (Å²) < 4.78 is 0. The molecule has 10 heteroatoms. The summed E-state index contributed by atoms with van der Waals surface area (Å²) in [6.45, 7) is 3.81. The van der Waals surface area contributed by atoms with Gasteiger partial charge < -0.3 is 20.4 Å². The Morgan fingerprint density at radius 1 is 0.974 bits per heavy atom. The van der Waals surface area contributed by atoms with Crippen LogP contribution >= 0.6 is 34.8 Å². The molecule has 7 nitrogen and oxygen atoms in total. The Kier molecular flexibility index (Phi) is 8.16. The molecule has 2 aliphatic rings. The van der Waals surface area contributed by atoms with Crippen molar-refractivity contribution in [2.75, 3.05) is 62.4 Å². The number of carbonyl (C=O) groups is 2. The van der Waals surface area contributed by atoms with Gasteiger partial charge in [0.15, 0.2) is 0 Å². The molecular formula is C29H28Cl3N5O2. The fraction of sp³-hybridized carbons (Fsp3) is 0.241. The van der Waals surface area contributed by atoms with Crippen LogP contribution in [0.3, 0.4) is 0 Å². The van der Waals surface area contributed by atoms with Crippen LogP contribution in [-0.2, 0) is 9.59 Å². The summed E-state index contributed by atoms with van der Waals surface area (Å²) in [5.41, 5.74) is 4.27. The van der Waals surface area contributed by atoms with E-state index >= 15 is 0 Å². The van der Waals surface area contributed by atoms with Gasteiger partial charge in [0.05, 0.1) is 39.2 Å². The average Bonchev–Trinajstić information content (AvgIpc) is 3.23. The van der Waals surface area contributed by atoms with Crippen molar-refractivity contribution in [3.8, 4) is 0 Å². The molecule has 2 amide bonds. The number of hydrogen-bond donors (Lipinski definition) is 2. The molecular weight excluding hydrogens is 557 g/mol. The van der Waals surface area contributed by atoms with Crippen molar-refractivity contribution in [2.24, 2.45) is 0 Å². The molecule has 1 saturated heterocycles. The Balaban J connectivity index is 1.46. The minimum absolute atomic E-state index is 0.0888. The van der Waals surface area contributed by atoms with E-state index in [0.29, 0.717) is 49.9 Å². The van der Waals surface area contributed by atoms with Crippen molar-refractivity contribution in [1.29, 1.82) is 0 Å². The predicted octanol–water partition coefficient (Wildman–Crippen LogP) is 5.79. The first-order valence-electron chi connectivity index (χ1n) is 12.6. The Morgan fingerprint density at radius 2 is 1.64 bits per heavy atom. The smallest absolute Gasteiger partial charge is 0.258 e. The topological polar surface area (TPSA) is 67.9 Å².